The quantitative estimate of drug-likeness (QED) is 0.550. The SMILES string of the molecule is COc1ccc([C@H](C)NN)c(F)c1. The maximum atomic E-state index is 13.3. The Morgan fingerprint density at radius 3 is 2.69 bits per heavy atom. The van der Waals surface area contributed by atoms with E-state index in [1.807, 2.05) is 0 Å². The lowest BCUT2D eigenvalue weighted by atomic mass is 10.1. The molecule has 0 fully saturated rings. The van der Waals surface area contributed by atoms with Crippen molar-refractivity contribution >= 4 is 0 Å². The van der Waals surface area contributed by atoms with Crippen LogP contribution in [0.5, 0.6) is 5.75 Å². The molecule has 4 heteroatoms. The van der Waals surface area contributed by atoms with Gasteiger partial charge in [0.15, 0.2) is 0 Å². The van der Waals surface area contributed by atoms with Crippen LogP contribution in [0.3, 0.4) is 0 Å². The van der Waals surface area contributed by atoms with Crippen LogP contribution < -0.4 is 16.0 Å². The molecule has 0 spiro atoms. The first-order valence-corrected chi connectivity index (χ1v) is 3.98. The summed E-state index contributed by atoms with van der Waals surface area (Å²) < 4.78 is 18.2. The molecule has 0 bridgehead atoms. The van der Waals surface area contributed by atoms with Gasteiger partial charge in [0.25, 0.3) is 0 Å². The molecule has 0 saturated carbocycles. The van der Waals surface area contributed by atoms with Gasteiger partial charge in [-0.05, 0) is 13.0 Å². The maximum Gasteiger partial charge on any atom is 0.131 e. The number of methoxy groups -OCH3 is 1. The molecule has 1 rings (SSSR count). The highest BCUT2D eigenvalue weighted by atomic mass is 19.1. The van der Waals surface area contributed by atoms with Gasteiger partial charge < -0.3 is 4.74 Å². The average Bonchev–Trinajstić information content (AvgIpc) is 2.16. The first-order valence-electron chi connectivity index (χ1n) is 3.98. The highest BCUT2D eigenvalue weighted by Crippen LogP contribution is 2.20. The van der Waals surface area contributed by atoms with Crippen molar-refractivity contribution in [2.75, 3.05) is 7.11 Å². The number of halogens is 1. The first kappa shape index (κ1) is 9.95. The van der Waals surface area contributed by atoms with Crippen LogP contribution >= 0.6 is 0 Å². The van der Waals surface area contributed by atoms with E-state index in [-0.39, 0.29) is 11.9 Å². The molecule has 0 amide bonds. The molecule has 1 atom stereocenters. The minimum absolute atomic E-state index is 0.203. The smallest absolute Gasteiger partial charge is 0.131 e. The van der Waals surface area contributed by atoms with E-state index < -0.39 is 0 Å². The van der Waals surface area contributed by atoms with Crippen LogP contribution in [0.2, 0.25) is 0 Å². The summed E-state index contributed by atoms with van der Waals surface area (Å²) >= 11 is 0. The van der Waals surface area contributed by atoms with Crippen LogP contribution in [0, 0.1) is 5.82 Å². The molecule has 3 N–H and O–H groups in total. The second-order valence-corrected chi connectivity index (χ2v) is 2.78. The summed E-state index contributed by atoms with van der Waals surface area (Å²) in [5, 5.41) is 0. The molecule has 0 aliphatic carbocycles. The standard InChI is InChI=1S/C9H13FN2O/c1-6(12-11)8-4-3-7(13-2)5-9(8)10/h3-6,12H,11H2,1-2H3/t6-/m0/s1. The summed E-state index contributed by atoms with van der Waals surface area (Å²) in [5.41, 5.74) is 3.01. The van der Waals surface area contributed by atoms with Gasteiger partial charge >= 0.3 is 0 Å². The number of ether oxygens (including phenoxy) is 1. The largest absolute Gasteiger partial charge is 0.497 e. The fourth-order valence-corrected chi connectivity index (χ4v) is 1.08. The van der Waals surface area contributed by atoms with Crippen molar-refractivity contribution in [2.45, 2.75) is 13.0 Å². The summed E-state index contributed by atoms with van der Waals surface area (Å²) in [4.78, 5) is 0. The second-order valence-electron chi connectivity index (χ2n) is 2.78. The normalized spacial score (nSPS) is 12.6. The van der Waals surface area contributed by atoms with E-state index in [0.29, 0.717) is 11.3 Å². The Balaban J connectivity index is 2.98. The minimum Gasteiger partial charge on any atom is -0.497 e. The molecule has 0 aliphatic rings. The van der Waals surface area contributed by atoms with Crippen molar-refractivity contribution in [1.82, 2.24) is 5.43 Å². The van der Waals surface area contributed by atoms with Crippen molar-refractivity contribution in [1.29, 1.82) is 0 Å². The van der Waals surface area contributed by atoms with E-state index in [0.717, 1.165) is 0 Å². The molecule has 0 unspecified atom stereocenters. The number of nitrogens with one attached hydrogen (secondary N) is 1. The fraction of sp³-hybridized carbons (Fsp3) is 0.333. The van der Waals surface area contributed by atoms with Crippen molar-refractivity contribution in [3.63, 3.8) is 0 Å². The number of nitrogens with two attached hydrogens (primary N) is 1. The lowest BCUT2D eigenvalue weighted by Crippen LogP contribution is -2.26. The predicted octanol–water partition coefficient (Wildman–Crippen LogP) is 1.36. The third-order valence-corrected chi connectivity index (χ3v) is 1.92. The van der Waals surface area contributed by atoms with Crippen molar-refractivity contribution in [2.24, 2.45) is 5.84 Å². The van der Waals surface area contributed by atoms with Gasteiger partial charge in [-0.2, -0.15) is 0 Å². The maximum absolute atomic E-state index is 13.3. The van der Waals surface area contributed by atoms with E-state index in [2.05, 4.69) is 5.43 Å². The zero-order valence-corrected chi connectivity index (χ0v) is 7.67. The topological polar surface area (TPSA) is 47.3 Å². The van der Waals surface area contributed by atoms with E-state index in [1.54, 1.807) is 19.1 Å². The van der Waals surface area contributed by atoms with Crippen LogP contribution in [-0.4, -0.2) is 7.11 Å². The van der Waals surface area contributed by atoms with Crippen LogP contribution in [0.4, 0.5) is 4.39 Å². The Bertz CT molecular complexity index is 291. The Labute approximate surface area is 76.7 Å². The molecule has 0 heterocycles. The molecule has 0 saturated heterocycles. The van der Waals surface area contributed by atoms with E-state index in [1.165, 1.54) is 13.2 Å². The zero-order chi connectivity index (χ0) is 9.84. The Morgan fingerprint density at radius 2 is 2.23 bits per heavy atom. The molecular weight excluding hydrogens is 171 g/mol. The van der Waals surface area contributed by atoms with Crippen molar-refractivity contribution in [3.05, 3.63) is 29.6 Å². The van der Waals surface area contributed by atoms with Gasteiger partial charge in [0.1, 0.15) is 11.6 Å². The average molecular weight is 184 g/mol. The van der Waals surface area contributed by atoms with E-state index in [9.17, 15) is 4.39 Å². The summed E-state index contributed by atoms with van der Waals surface area (Å²) in [6, 6.07) is 4.49. The molecule has 3 nitrogen and oxygen atoms in total. The Morgan fingerprint density at radius 1 is 1.54 bits per heavy atom. The summed E-state index contributed by atoms with van der Waals surface area (Å²) in [6.07, 6.45) is 0. The van der Waals surface area contributed by atoms with Crippen LogP contribution in [0.1, 0.15) is 18.5 Å². The molecule has 0 aliphatic heterocycles. The van der Waals surface area contributed by atoms with Gasteiger partial charge in [0.05, 0.1) is 7.11 Å². The third-order valence-electron chi connectivity index (χ3n) is 1.92. The van der Waals surface area contributed by atoms with E-state index >= 15 is 0 Å². The molecule has 0 radical (unpaired) electrons. The number of benzene rings is 1. The Hall–Kier alpha value is -1.13. The van der Waals surface area contributed by atoms with Crippen molar-refractivity contribution in [3.8, 4) is 5.75 Å². The molecule has 72 valence electrons. The van der Waals surface area contributed by atoms with Crippen LogP contribution in [-0.2, 0) is 0 Å². The Kier molecular flexibility index (Phi) is 3.22. The monoisotopic (exact) mass is 184 g/mol. The summed E-state index contributed by atoms with van der Waals surface area (Å²) in [6.45, 7) is 1.78. The highest BCUT2D eigenvalue weighted by molar-refractivity contribution is 5.30. The molecular formula is C9H13FN2O. The summed E-state index contributed by atoms with van der Waals surface area (Å²) in [7, 11) is 1.50. The highest BCUT2D eigenvalue weighted by Gasteiger charge is 2.09. The molecule has 1 aromatic carbocycles. The van der Waals surface area contributed by atoms with Gasteiger partial charge in [-0.25, -0.2) is 4.39 Å². The molecule has 13 heavy (non-hydrogen) atoms. The van der Waals surface area contributed by atoms with Gasteiger partial charge in [-0.3, -0.25) is 11.3 Å². The fourth-order valence-electron chi connectivity index (χ4n) is 1.08. The number of hydrogen-bond acceptors (Lipinski definition) is 3. The second kappa shape index (κ2) is 4.20. The first-order chi connectivity index (χ1) is 6.19. The minimum atomic E-state index is -0.315. The van der Waals surface area contributed by atoms with Gasteiger partial charge in [-0.1, -0.05) is 6.07 Å². The molecule has 1 aromatic rings. The van der Waals surface area contributed by atoms with Gasteiger partial charge in [0.2, 0.25) is 0 Å². The zero-order valence-electron chi connectivity index (χ0n) is 7.67. The summed E-state index contributed by atoms with van der Waals surface area (Å²) in [5.74, 6) is 5.39. The lowest BCUT2D eigenvalue weighted by Gasteiger charge is -2.11. The predicted molar refractivity (Wildman–Crippen MR) is 48.7 cm³/mol. The van der Waals surface area contributed by atoms with Crippen LogP contribution in [0.15, 0.2) is 18.2 Å². The number of hydrogen-bond donors (Lipinski definition) is 2. The lowest BCUT2D eigenvalue weighted by molar-refractivity contribution is 0.409. The van der Waals surface area contributed by atoms with Crippen LogP contribution in [0.25, 0.3) is 0 Å². The van der Waals surface area contributed by atoms with E-state index in [4.69, 9.17) is 10.6 Å². The number of hydrazine groups is 1. The van der Waals surface area contributed by atoms with Crippen molar-refractivity contribution < 1.29 is 9.13 Å². The number of rotatable bonds is 3. The molecule has 0 aromatic heterocycles. The van der Waals surface area contributed by atoms with Gasteiger partial charge in [-0.15, -0.1) is 0 Å². The third kappa shape index (κ3) is 2.17. The van der Waals surface area contributed by atoms with Gasteiger partial charge in [0, 0.05) is 17.7 Å².